The minimum atomic E-state index is 0.961. The zero-order chi connectivity index (χ0) is 15.8. The van der Waals surface area contributed by atoms with Gasteiger partial charge in [0.05, 0.1) is 29.5 Å². The molecule has 0 spiro atoms. The van der Waals surface area contributed by atoms with Gasteiger partial charge < -0.3 is 0 Å². The van der Waals surface area contributed by atoms with Gasteiger partial charge in [0.25, 0.3) is 0 Å². The maximum atomic E-state index is 3.92. The minimum absolute atomic E-state index is 0.961. The van der Waals surface area contributed by atoms with E-state index in [1.165, 1.54) is 4.80 Å². The van der Waals surface area contributed by atoms with E-state index in [0.717, 1.165) is 17.1 Å². The molecule has 0 saturated heterocycles. The first-order valence-electron chi connectivity index (χ1n) is 6.35. The van der Waals surface area contributed by atoms with Gasteiger partial charge in [-0.15, -0.1) is 10.2 Å². The first kappa shape index (κ1) is 16.5. The molecule has 0 fully saturated rings. The van der Waals surface area contributed by atoms with Crippen LogP contribution in [-0.2, 0) is 21.1 Å². The molecule has 9 nitrogen and oxygen atoms in total. The van der Waals surface area contributed by atoms with Crippen molar-refractivity contribution >= 4 is 0 Å². The molecule has 0 aromatic carbocycles. The number of hydrogen-bond acceptors (Lipinski definition) is 6. The fourth-order valence-electron chi connectivity index (χ4n) is 1.25. The van der Waals surface area contributed by atoms with Crippen LogP contribution in [0.4, 0.5) is 0 Å². The van der Waals surface area contributed by atoms with Gasteiger partial charge in [0.15, 0.2) is 0 Å². The second-order valence-electron chi connectivity index (χ2n) is 4.51. The quantitative estimate of drug-likeness (QED) is 0.594. The van der Waals surface area contributed by atoms with Gasteiger partial charge in [0.1, 0.15) is 0 Å². The Bertz CT molecular complexity index is 561. The van der Waals surface area contributed by atoms with Crippen molar-refractivity contribution in [2.45, 2.75) is 20.8 Å². The van der Waals surface area contributed by atoms with E-state index in [4.69, 9.17) is 0 Å². The molecule has 3 heterocycles. The summed E-state index contributed by atoms with van der Waals surface area (Å²) in [7, 11) is 5.51. The summed E-state index contributed by atoms with van der Waals surface area (Å²) < 4.78 is 3.40. The number of hydrogen-bond donors (Lipinski definition) is 0. The first-order valence-corrected chi connectivity index (χ1v) is 6.35. The fourth-order valence-corrected chi connectivity index (χ4v) is 1.25. The molecule has 0 saturated carbocycles. The van der Waals surface area contributed by atoms with Gasteiger partial charge in [-0.1, -0.05) is 10.4 Å². The monoisotopic (exact) mass is 291 g/mol. The lowest BCUT2D eigenvalue weighted by molar-refractivity contribution is 0.649. The van der Waals surface area contributed by atoms with Gasteiger partial charge in [-0.3, -0.25) is 9.36 Å². The van der Waals surface area contributed by atoms with E-state index in [0.29, 0.717) is 0 Å². The van der Waals surface area contributed by atoms with Crippen LogP contribution in [0.25, 0.3) is 0 Å². The zero-order valence-electron chi connectivity index (χ0n) is 13.3. The Morgan fingerprint density at radius 3 is 1.76 bits per heavy atom. The molecule has 3 aromatic heterocycles. The lowest BCUT2D eigenvalue weighted by Crippen LogP contribution is -1.91. The average Bonchev–Trinajstić information content (AvgIpc) is 3.08. The van der Waals surface area contributed by atoms with Crippen molar-refractivity contribution in [3.05, 3.63) is 35.7 Å². The number of aromatic nitrogens is 9. The highest BCUT2D eigenvalue weighted by atomic mass is 15.4. The summed E-state index contributed by atoms with van der Waals surface area (Å²) in [6, 6.07) is 0. The van der Waals surface area contributed by atoms with Gasteiger partial charge in [0, 0.05) is 27.3 Å². The van der Waals surface area contributed by atoms with Crippen molar-refractivity contribution in [1.29, 1.82) is 0 Å². The Kier molecular flexibility index (Phi) is 6.18. The summed E-state index contributed by atoms with van der Waals surface area (Å²) >= 11 is 0. The molecule has 0 amide bonds. The van der Waals surface area contributed by atoms with Crippen molar-refractivity contribution in [3.8, 4) is 0 Å². The van der Waals surface area contributed by atoms with Crippen LogP contribution in [0.1, 0.15) is 17.1 Å². The molecule has 21 heavy (non-hydrogen) atoms. The Labute approximate surface area is 123 Å². The molecule has 0 aliphatic heterocycles. The first-order chi connectivity index (χ1) is 9.88. The SMILES string of the molecule is Cc1cn(C)nn1.Cc1cnn(C)n1.Cc1cnnn1C. The van der Waals surface area contributed by atoms with Gasteiger partial charge >= 0.3 is 0 Å². The Hall–Kier alpha value is -2.58. The molecule has 3 aromatic rings. The van der Waals surface area contributed by atoms with Gasteiger partial charge in [-0.25, -0.2) is 0 Å². The Morgan fingerprint density at radius 2 is 1.62 bits per heavy atom. The molecule has 0 unspecified atom stereocenters. The van der Waals surface area contributed by atoms with E-state index in [1.54, 1.807) is 28.8 Å². The van der Waals surface area contributed by atoms with Crippen molar-refractivity contribution in [1.82, 2.24) is 45.0 Å². The molecule has 0 N–H and O–H groups in total. The van der Waals surface area contributed by atoms with Crippen molar-refractivity contribution in [2.24, 2.45) is 21.1 Å². The van der Waals surface area contributed by atoms with Crippen molar-refractivity contribution < 1.29 is 0 Å². The molecule has 0 aliphatic carbocycles. The number of rotatable bonds is 0. The van der Waals surface area contributed by atoms with E-state index in [1.807, 2.05) is 41.1 Å². The third-order valence-electron chi connectivity index (χ3n) is 2.37. The van der Waals surface area contributed by atoms with Crippen molar-refractivity contribution in [2.75, 3.05) is 0 Å². The van der Waals surface area contributed by atoms with Crippen LogP contribution in [0.2, 0.25) is 0 Å². The molecular weight excluding hydrogens is 270 g/mol. The molecule has 0 bridgehead atoms. The second-order valence-corrected chi connectivity index (χ2v) is 4.51. The van der Waals surface area contributed by atoms with Crippen LogP contribution in [-0.4, -0.2) is 45.0 Å². The lowest BCUT2D eigenvalue weighted by Gasteiger charge is -1.84. The fraction of sp³-hybridized carbons (Fsp3) is 0.500. The standard InChI is InChI=1S/3C4H7N3/c1-4-3-7(2)6-5-4;1-4-3-5-6-7(4)2;1-4-3-5-7(2)6-4/h3*3H,1-2H3. The molecule has 9 heteroatoms. The summed E-state index contributed by atoms with van der Waals surface area (Å²) in [6.45, 7) is 5.78. The molecule has 3 rings (SSSR count). The number of nitrogens with zero attached hydrogens (tertiary/aromatic N) is 9. The summed E-state index contributed by atoms with van der Waals surface area (Å²) in [5.41, 5.74) is 3.00. The predicted octanol–water partition coefficient (Wildman–Crippen LogP) is 0.371. The number of aryl methyl sites for hydroxylation is 6. The van der Waals surface area contributed by atoms with Crippen LogP contribution in [0.5, 0.6) is 0 Å². The molecule has 0 atom stereocenters. The largest absolute Gasteiger partial charge is 0.255 e. The molecule has 114 valence electrons. The van der Waals surface area contributed by atoms with Crippen molar-refractivity contribution in [3.63, 3.8) is 0 Å². The molecular formula is C12H21N9. The van der Waals surface area contributed by atoms with Crippen LogP contribution in [0.3, 0.4) is 0 Å². The van der Waals surface area contributed by atoms with E-state index in [2.05, 4.69) is 30.8 Å². The third kappa shape index (κ3) is 6.41. The maximum absolute atomic E-state index is 3.92. The van der Waals surface area contributed by atoms with Gasteiger partial charge in [0.2, 0.25) is 0 Å². The smallest absolute Gasteiger partial charge is 0.0796 e. The highest BCUT2D eigenvalue weighted by molar-refractivity contribution is 4.86. The third-order valence-corrected chi connectivity index (χ3v) is 2.37. The van der Waals surface area contributed by atoms with E-state index < -0.39 is 0 Å². The topological polar surface area (TPSA) is 92.1 Å². The lowest BCUT2D eigenvalue weighted by atomic mass is 10.6. The minimum Gasteiger partial charge on any atom is -0.255 e. The molecule has 0 radical (unpaired) electrons. The normalized spacial score (nSPS) is 9.43. The van der Waals surface area contributed by atoms with Gasteiger partial charge in [-0.2, -0.15) is 15.0 Å². The summed E-state index contributed by atoms with van der Waals surface area (Å²) in [5.74, 6) is 0. The Morgan fingerprint density at radius 1 is 0.905 bits per heavy atom. The highest BCUT2D eigenvalue weighted by Crippen LogP contribution is 1.85. The van der Waals surface area contributed by atoms with E-state index >= 15 is 0 Å². The van der Waals surface area contributed by atoms with Crippen LogP contribution in [0, 0.1) is 20.8 Å². The highest BCUT2D eigenvalue weighted by Gasteiger charge is 1.85. The van der Waals surface area contributed by atoms with Crippen LogP contribution < -0.4 is 0 Å². The predicted molar refractivity (Wildman–Crippen MR) is 77.2 cm³/mol. The van der Waals surface area contributed by atoms with Crippen LogP contribution >= 0.6 is 0 Å². The van der Waals surface area contributed by atoms with E-state index in [-0.39, 0.29) is 0 Å². The Balaban J connectivity index is 0.000000157. The van der Waals surface area contributed by atoms with Crippen LogP contribution in [0.15, 0.2) is 18.6 Å². The second kappa shape index (κ2) is 7.88. The van der Waals surface area contributed by atoms with Gasteiger partial charge in [-0.05, 0) is 20.8 Å². The summed E-state index contributed by atoms with van der Waals surface area (Å²) in [4.78, 5) is 1.54. The maximum Gasteiger partial charge on any atom is 0.0796 e. The summed E-state index contributed by atoms with van der Waals surface area (Å²) in [5, 5.41) is 22.5. The van der Waals surface area contributed by atoms with E-state index in [9.17, 15) is 0 Å². The average molecular weight is 291 g/mol. The zero-order valence-corrected chi connectivity index (χ0v) is 13.3. The molecule has 0 aliphatic rings. The summed E-state index contributed by atoms with van der Waals surface area (Å²) in [6.07, 6.45) is 5.31.